The number of carbonyl (C=O) groups excluding carboxylic acids is 1. The molecule has 0 spiro atoms. The summed E-state index contributed by atoms with van der Waals surface area (Å²) in [5, 5.41) is 29.6. The van der Waals surface area contributed by atoms with Gasteiger partial charge >= 0.3 is 6.09 Å². The number of anilines is 1. The first-order valence-corrected chi connectivity index (χ1v) is 6.61. The van der Waals surface area contributed by atoms with Gasteiger partial charge in [0.05, 0.1) is 4.92 Å². The summed E-state index contributed by atoms with van der Waals surface area (Å²) in [7, 11) is 0. The minimum Gasteiger partial charge on any atom is -0.463 e. The summed E-state index contributed by atoms with van der Waals surface area (Å²) >= 11 is 0. The van der Waals surface area contributed by atoms with Gasteiger partial charge in [0.2, 0.25) is 0 Å². The second kappa shape index (κ2) is 5.76. The third-order valence-electron chi connectivity index (χ3n) is 3.23. The molecule has 0 radical (unpaired) electrons. The average molecular weight is 327 g/mol. The molecule has 0 unspecified atom stereocenters. The SMILES string of the molecule is O=C(Nc1ccc2c(c1)nnn2C(=O)O)c1ccccc1[N+](=O)[O-]. The van der Waals surface area contributed by atoms with Crippen LogP contribution in [0.1, 0.15) is 10.4 Å². The predicted molar refractivity (Wildman–Crippen MR) is 82.0 cm³/mol. The average Bonchev–Trinajstić information content (AvgIpc) is 2.98. The standard InChI is InChI=1S/C14H9N5O5/c20-13(9-3-1-2-4-11(9)19(23)24)15-8-5-6-12-10(7-8)16-17-18(12)14(21)22/h1-7H,(H,15,20)(H,21,22). The Morgan fingerprint density at radius 1 is 1.21 bits per heavy atom. The number of carboxylic acid groups (broad SMARTS) is 1. The third kappa shape index (κ3) is 2.63. The van der Waals surface area contributed by atoms with E-state index in [1.54, 1.807) is 0 Å². The molecule has 0 atom stereocenters. The van der Waals surface area contributed by atoms with E-state index in [1.165, 1.54) is 42.5 Å². The second-order valence-electron chi connectivity index (χ2n) is 4.72. The van der Waals surface area contributed by atoms with Crippen LogP contribution in [0.3, 0.4) is 0 Å². The molecule has 3 rings (SSSR count). The van der Waals surface area contributed by atoms with Crippen molar-refractivity contribution in [2.75, 3.05) is 5.32 Å². The van der Waals surface area contributed by atoms with Crippen LogP contribution in [0.2, 0.25) is 0 Å². The molecule has 120 valence electrons. The Balaban J connectivity index is 1.91. The summed E-state index contributed by atoms with van der Waals surface area (Å²) in [5.41, 5.74) is 0.428. The van der Waals surface area contributed by atoms with Gasteiger partial charge in [-0.2, -0.15) is 0 Å². The molecule has 0 aliphatic carbocycles. The van der Waals surface area contributed by atoms with E-state index < -0.39 is 16.9 Å². The number of rotatable bonds is 3. The normalized spacial score (nSPS) is 10.5. The lowest BCUT2D eigenvalue weighted by Crippen LogP contribution is -2.14. The monoisotopic (exact) mass is 327 g/mol. The summed E-state index contributed by atoms with van der Waals surface area (Å²) in [5.74, 6) is -0.660. The van der Waals surface area contributed by atoms with Gasteiger partial charge in [0.1, 0.15) is 16.6 Å². The molecule has 0 aliphatic heterocycles. The van der Waals surface area contributed by atoms with E-state index in [-0.39, 0.29) is 22.3 Å². The molecule has 1 heterocycles. The van der Waals surface area contributed by atoms with Crippen LogP contribution in [0.15, 0.2) is 42.5 Å². The second-order valence-corrected chi connectivity index (χ2v) is 4.72. The van der Waals surface area contributed by atoms with Crippen molar-refractivity contribution in [2.45, 2.75) is 0 Å². The first kappa shape index (κ1) is 15.1. The van der Waals surface area contributed by atoms with Gasteiger partial charge in [-0.05, 0) is 24.3 Å². The van der Waals surface area contributed by atoms with Crippen LogP contribution in [0.4, 0.5) is 16.2 Å². The van der Waals surface area contributed by atoms with E-state index in [4.69, 9.17) is 5.11 Å². The Bertz CT molecular complexity index is 981. The zero-order valence-corrected chi connectivity index (χ0v) is 11.9. The number of amides is 1. The van der Waals surface area contributed by atoms with Crippen molar-refractivity contribution < 1.29 is 19.6 Å². The first-order chi connectivity index (χ1) is 11.5. The number of hydrogen-bond donors (Lipinski definition) is 2. The van der Waals surface area contributed by atoms with Crippen LogP contribution in [0, 0.1) is 10.1 Å². The van der Waals surface area contributed by atoms with Gasteiger partial charge < -0.3 is 10.4 Å². The number of aromatic nitrogens is 3. The molecule has 3 aromatic rings. The maximum absolute atomic E-state index is 12.2. The van der Waals surface area contributed by atoms with Gasteiger partial charge in [-0.15, -0.1) is 9.78 Å². The van der Waals surface area contributed by atoms with Gasteiger partial charge in [0.25, 0.3) is 11.6 Å². The molecule has 2 N–H and O–H groups in total. The van der Waals surface area contributed by atoms with Gasteiger partial charge in [-0.1, -0.05) is 17.3 Å². The number of nitrogens with zero attached hydrogens (tertiary/aromatic N) is 4. The number of nitrogens with one attached hydrogen (secondary N) is 1. The highest BCUT2D eigenvalue weighted by atomic mass is 16.6. The van der Waals surface area contributed by atoms with Crippen LogP contribution < -0.4 is 5.32 Å². The molecule has 1 aromatic heterocycles. The predicted octanol–water partition coefficient (Wildman–Crippen LogP) is 2.12. The molecule has 10 heteroatoms. The molecule has 1 amide bonds. The summed E-state index contributed by atoms with van der Waals surface area (Å²) in [6.45, 7) is 0. The van der Waals surface area contributed by atoms with Crippen molar-refractivity contribution in [3.8, 4) is 0 Å². The van der Waals surface area contributed by atoms with Crippen molar-refractivity contribution in [3.63, 3.8) is 0 Å². The van der Waals surface area contributed by atoms with Crippen LogP contribution in [-0.4, -0.2) is 37.0 Å². The van der Waals surface area contributed by atoms with Crippen molar-refractivity contribution in [1.29, 1.82) is 0 Å². The Labute approximate surface area is 133 Å². The number of carbonyl (C=O) groups is 2. The zero-order chi connectivity index (χ0) is 17.3. The highest BCUT2D eigenvalue weighted by Crippen LogP contribution is 2.21. The molecule has 0 bridgehead atoms. The van der Waals surface area contributed by atoms with Gasteiger partial charge in [-0.25, -0.2) is 4.79 Å². The molecule has 0 fully saturated rings. The van der Waals surface area contributed by atoms with Gasteiger partial charge in [0.15, 0.2) is 0 Å². The fourth-order valence-corrected chi connectivity index (χ4v) is 2.17. The number of para-hydroxylation sites is 1. The zero-order valence-electron chi connectivity index (χ0n) is 11.9. The van der Waals surface area contributed by atoms with E-state index in [2.05, 4.69) is 15.6 Å². The molecule has 10 nitrogen and oxygen atoms in total. The maximum atomic E-state index is 12.2. The minimum absolute atomic E-state index is 0.0863. The van der Waals surface area contributed by atoms with E-state index in [0.717, 1.165) is 0 Å². The highest BCUT2D eigenvalue weighted by molar-refractivity contribution is 6.07. The van der Waals surface area contributed by atoms with Crippen LogP contribution in [0.25, 0.3) is 11.0 Å². The summed E-state index contributed by atoms with van der Waals surface area (Å²) in [6.07, 6.45) is -1.28. The summed E-state index contributed by atoms with van der Waals surface area (Å²) in [6, 6.07) is 9.86. The van der Waals surface area contributed by atoms with Crippen LogP contribution in [-0.2, 0) is 0 Å². The van der Waals surface area contributed by atoms with Crippen molar-refractivity contribution >= 4 is 34.4 Å². The Morgan fingerprint density at radius 3 is 2.67 bits per heavy atom. The lowest BCUT2D eigenvalue weighted by molar-refractivity contribution is -0.385. The lowest BCUT2D eigenvalue weighted by Gasteiger charge is -2.05. The lowest BCUT2D eigenvalue weighted by atomic mass is 10.1. The minimum atomic E-state index is -1.28. The van der Waals surface area contributed by atoms with Gasteiger partial charge in [-0.3, -0.25) is 14.9 Å². The maximum Gasteiger partial charge on any atom is 0.434 e. The summed E-state index contributed by atoms with van der Waals surface area (Å²) in [4.78, 5) is 33.5. The van der Waals surface area contributed by atoms with E-state index in [0.29, 0.717) is 10.4 Å². The van der Waals surface area contributed by atoms with Crippen LogP contribution in [0.5, 0.6) is 0 Å². The quantitative estimate of drug-likeness (QED) is 0.554. The third-order valence-corrected chi connectivity index (χ3v) is 3.23. The Morgan fingerprint density at radius 2 is 1.96 bits per heavy atom. The smallest absolute Gasteiger partial charge is 0.434 e. The largest absolute Gasteiger partial charge is 0.463 e. The topological polar surface area (TPSA) is 140 Å². The number of benzene rings is 2. The summed E-state index contributed by atoms with van der Waals surface area (Å²) < 4.78 is 0.697. The molecular formula is C14H9N5O5. The molecule has 0 aliphatic rings. The van der Waals surface area contributed by atoms with E-state index in [9.17, 15) is 19.7 Å². The molecule has 2 aromatic carbocycles. The molecule has 24 heavy (non-hydrogen) atoms. The van der Waals surface area contributed by atoms with Crippen molar-refractivity contribution in [2.24, 2.45) is 0 Å². The van der Waals surface area contributed by atoms with E-state index in [1.807, 2.05) is 0 Å². The molecule has 0 saturated carbocycles. The first-order valence-electron chi connectivity index (χ1n) is 6.61. The van der Waals surface area contributed by atoms with Crippen molar-refractivity contribution in [3.05, 3.63) is 58.1 Å². The number of hydrogen-bond acceptors (Lipinski definition) is 6. The molecule has 0 saturated heterocycles. The fourth-order valence-electron chi connectivity index (χ4n) is 2.17. The fraction of sp³-hybridized carbons (Fsp3) is 0. The van der Waals surface area contributed by atoms with E-state index >= 15 is 0 Å². The Hall–Kier alpha value is -3.82. The highest BCUT2D eigenvalue weighted by Gasteiger charge is 2.19. The van der Waals surface area contributed by atoms with Crippen LogP contribution >= 0.6 is 0 Å². The number of nitro benzene ring substituents is 1. The molecular weight excluding hydrogens is 318 g/mol. The van der Waals surface area contributed by atoms with Gasteiger partial charge in [0, 0.05) is 11.8 Å². The van der Waals surface area contributed by atoms with Crippen molar-refractivity contribution in [1.82, 2.24) is 15.0 Å². The Kier molecular flexibility index (Phi) is 3.62. The number of nitro groups is 1. The number of fused-ring (bicyclic) bond motifs is 1.